The van der Waals surface area contributed by atoms with Crippen LogP contribution in [0.25, 0.3) is 39.1 Å². The molecular formula is C23H21N5. The molecule has 0 saturated heterocycles. The lowest BCUT2D eigenvalue weighted by molar-refractivity contribution is 0.658. The normalized spacial score (nSPS) is 13.0. The first-order chi connectivity index (χ1) is 13.6. The van der Waals surface area contributed by atoms with Crippen molar-refractivity contribution in [2.75, 3.05) is 0 Å². The van der Waals surface area contributed by atoms with Crippen molar-refractivity contribution in [1.82, 2.24) is 19.7 Å². The monoisotopic (exact) mass is 367 g/mol. The third-order valence-electron chi connectivity index (χ3n) is 5.35. The minimum atomic E-state index is 0.553. The van der Waals surface area contributed by atoms with Gasteiger partial charge in [-0.15, -0.1) is 0 Å². The van der Waals surface area contributed by atoms with Gasteiger partial charge in [-0.3, -0.25) is 14.6 Å². The number of rotatable bonds is 3. The molecule has 3 aromatic heterocycles. The summed E-state index contributed by atoms with van der Waals surface area (Å²) in [6.45, 7) is 6.84. The highest BCUT2D eigenvalue weighted by molar-refractivity contribution is 5.99. The van der Waals surface area contributed by atoms with Crippen molar-refractivity contribution in [2.24, 2.45) is 5.73 Å². The number of aryl methyl sites for hydroxylation is 2. The Kier molecular flexibility index (Phi) is 3.76. The summed E-state index contributed by atoms with van der Waals surface area (Å²) in [5.74, 6) is 0. The highest BCUT2D eigenvalue weighted by Crippen LogP contribution is 2.40. The van der Waals surface area contributed by atoms with Crippen LogP contribution in [-0.2, 0) is 13.0 Å². The second-order valence-corrected chi connectivity index (χ2v) is 7.28. The van der Waals surface area contributed by atoms with E-state index in [-0.39, 0.29) is 0 Å². The van der Waals surface area contributed by atoms with Crippen LogP contribution in [0, 0.1) is 6.92 Å². The zero-order valence-electron chi connectivity index (χ0n) is 15.8. The van der Waals surface area contributed by atoms with Gasteiger partial charge in [0.25, 0.3) is 0 Å². The number of hydrogen-bond donors (Lipinski definition) is 1. The number of aromatic nitrogens is 4. The van der Waals surface area contributed by atoms with Gasteiger partial charge in [0.15, 0.2) is 0 Å². The standard InChI is InChI=1S/C23H21N5/c1-14-5-3-6-20(26-14)23-22(21-7-4-12-28(21)27-23)17-10-11-25-19-9-8-16(15(2)24)13-18(17)19/h3,5-6,8-11,13H,2,4,7,12,24H2,1H3. The van der Waals surface area contributed by atoms with E-state index in [2.05, 4.69) is 28.4 Å². The van der Waals surface area contributed by atoms with Gasteiger partial charge in [0.1, 0.15) is 5.69 Å². The molecule has 1 aliphatic rings. The Hall–Kier alpha value is -3.47. The van der Waals surface area contributed by atoms with Crippen LogP contribution in [-0.4, -0.2) is 19.7 Å². The fraction of sp³-hybridized carbons (Fsp3) is 0.174. The molecule has 138 valence electrons. The number of nitrogens with two attached hydrogens (primary N) is 1. The van der Waals surface area contributed by atoms with Crippen molar-refractivity contribution in [3.05, 3.63) is 72.2 Å². The number of benzene rings is 1. The molecule has 0 fully saturated rings. The topological polar surface area (TPSA) is 69.6 Å². The summed E-state index contributed by atoms with van der Waals surface area (Å²) in [4.78, 5) is 9.29. The van der Waals surface area contributed by atoms with Crippen LogP contribution in [0.5, 0.6) is 0 Å². The summed E-state index contributed by atoms with van der Waals surface area (Å²) < 4.78 is 2.13. The summed E-state index contributed by atoms with van der Waals surface area (Å²) in [7, 11) is 0. The van der Waals surface area contributed by atoms with Crippen LogP contribution >= 0.6 is 0 Å². The van der Waals surface area contributed by atoms with Gasteiger partial charge in [-0.2, -0.15) is 5.10 Å². The quantitative estimate of drug-likeness (QED) is 0.585. The van der Waals surface area contributed by atoms with Gasteiger partial charge >= 0.3 is 0 Å². The van der Waals surface area contributed by atoms with Crippen LogP contribution in [0.3, 0.4) is 0 Å². The number of pyridine rings is 2. The first-order valence-corrected chi connectivity index (χ1v) is 9.49. The van der Waals surface area contributed by atoms with Crippen molar-refractivity contribution in [3.63, 3.8) is 0 Å². The van der Waals surface area contributed by atoms with E-state index < -0.39 is 0 Å². The molecule has 0 amide bonds. The van der Waals surface area contributed by atoms with E-state index in [9.17, 15) is 0 Å². The smallest absolute Gasteiger partial charge is 0.119 e. The van der Waals surface area contributed by atoms with Crippen LogP contribution < -0.4 is 5.73 Å². The third-order valence-corrected chi connectivity index (χ3v) is 5.35. The Labute approximate surface area is 163 Å². The SMILES string of the molecule is C=C(N)c1ccc2nccc(-c3c(-c4cccc(C)n4)nn4c3CCC4)c2c1. The first-order valence-electron chi connectivity index (χ1n) is 9.49. The molecule has 5 rings (SSSR count). The summed E-state index contributed by atoms with van der Waals surface area (Å²) in [5, 5.41) is 5.99. The molecule has 0 atom stereocenters. The van der Waals surface area contributed by atoms with Gasteiger partial charge in [0, 0.05) is 40.8 Å². The predicted octanol–water partition coefficient (Wildman–Crippen LogP) is 4.34. The van der Waals surface area contributed by atoms with Crippen LogP contribution in [0.4, 0.5) is 0 Å². The second kappa shape index (κ2) is 6.30. The molecule has 1 aromatic carbocycles. The van der Waals surface area contributed by atoms with E-state index in [4.69, 9.17) is 15.8 Å². The molecule has 0 unspecified atom stereocenters. The van der Waals surface area contributed by atoms with Crippen LogP contribution in [0.2, 0.25) is 0 Å². The van der Waals surface area contributed by atoms with Gasteiger partial charge in [-0.1, -0.05) is 18.7 Å². The van der Waals surface area contributed by atoms with Gasteiger partial charge in [0.2, 0.25) is 0 Å². The summed E-state index contributed by atoms with van der Waals surface area (Å²) in [6, 6.07) is 14.2. The molecule has 5 nitrogen and oxygen atoms in total. The Morgan fingerprint density at radius 2 is 2.07 bits per heavy atom. The van der Waals surface area contributed by atoms with Crippen molar-refractivity contribution in [3.8, 4) is 22.5 Å². The molecule has 28 heavy (non-hydrogen) atoms. The largest absolute Gasteiger partial charge is 0.399 e. The molecule has 4 heterocycles. The average Bonchev–Trinajstić information content (AvgIpc) is 3.28. The molecule has 1 aliphatic heterocycles. The third kappa shape index (κ3) is 2.59. The van der Waals surface area contributed by atoms with E-state index in [1.807, 2.05) is 43.5 Å². The number of fused-ring (bicyclic) bond motifs is 2. The summed E-state index contributed by atoms with van der Waals surface area (Å²) >= 11 is 0. The molecule has 0 saturated carbocycles. The second-order valence-electron chi connectivity index (χ2n) is 7.28. The molecule has 0 bridgehead atoms. The average molecular weight is 367 g/mol. The lowest BCUT2D eigenvalue weighted by Gasteiger charge is -2.10. The van der Waals surface area contributed by atoms with Crippen molar-refractivity contribution in [2.45, 2.75) is 26.3 Å². The number of hydrogen-bond acceptors (Lipinski definition) is 4. The van der Waals surface area contributed by atoms with Gasteiger partial charge in [-0.25, -0.2) is 0 Å². The Morgan fingerprint density at radius 1 is 1.18 bits per heavy atom. The maximum Gasteiger partial charge on any atom is 0.119 e. The molecule has 0 aliphatic carbocycles. The van der Waals surface area contributed by atoms with E-state index in [1.165, 1.54) is 5.69 Å². The van der Waals surface area contributed by atoms with E-state index in [1.54, 1.807) is 0 Å². The van der Waals surface area contributed by atoms with Crippen molar-refractivity contribution >= 4 is 16.6 Å². The predicted molar refractivity (Wildman–Crippen MR) is 112 cm³/mol. The Balaban J connectivity index is 1.83. The molecular weight excluding hydrogens is 346 g/mol. The highest BCUT2D eigenvalue weighted by atomic mass is 15.3. The first kappa shape index (κ1) is 16.7. The fourth-order valence-corrected chi connectivity index (χ4v) is 4.03. The lowest BCUT2D eigenvalue weighted by atomic mass is 9.95. The van der Waals surface area contributed by atoms with Crippen LogP contribution in [0.15, 0.2) is 55.2 Å². The van der Waals surface area contributed by atoms with Gasteiger partial charge < -0.3 is 5.73 Å². The van der Waals surface area contributed by atoms with Gasteiger partial charge in [-0.05, 0) is 61.2 Å². The number of nitrogens with zero attached hydrogens (tertiary/aromatic N) is 4. The van der Waals surface area contributed by atoms with E-state index >= 15 is 0 Å². The van der Waals surface area contributed by atoms with E-state index in [0.717, 1.165) is 64.1 Å². The molecule has 0 spiro atoms. The minimum Gasteiger partial charge on any atom is -0.399 e. The molecule has 2 N–H and O–H groups in total. The zero-order chi connectivity index (χ0) is 19.3. The van der Waals surface area contributed by atoms with E-state index in [0.29, 0.717) is 5.70 Å². The van der Waals surface area contributed by atoms with Gasteiger partial charge in [0.05, 0.1) is 11.2 Å². The minimum absolute atomic E-state index is 0.553. The van der Waals surface area contributed by atoms with Crippen molar-refractivity contribution in [1.29, 1.82) is 0 Å². The summed E-state index contributed by atoms with van der Waals surface area (Å²) in [6.07, 6.45) is 3.99. The summed E-state index contributed by atoms with van der Waals surface area (Å²) in [5.41, 5.74) is 14.7. The molecule has 4 aromatic rings. The molecule has 0 radical (unpaired) electrons. The Bertz CT molecular complexity index is 1240. The maximum atomic E-state index is 5.96. The molecule has 5 heteroatoms. The van der Waals surface area contributed by atoms with Crippen molar-refractivity contribution < 1.29 is 0 Å². The lowest BCUT2D eigenvalue weighted by Crippen LogP contribution is -1.96. The highest BCUT2D eigenvalue weighted by Gasteiger charge is 2.25. The Morgan fingerprint density at radius 3 is 2.89 bits per heavy atom. The zero-order valence-corrected chi connectivity index (χ0v) is 15.8. The fourth-order valence-electron chi connectivity index (χ4n) is 4.03. The van der Waals surface area contributed by atoms with Crippen LogP contribution in [0.1, 0.15) is 23.4 Å². The maximum absolute atomic E-state index is 5.96.